The minimum atomic E-state index is -3.97. The molecule has 3 atom stereocenters. The largest absolute Gasteiger partial charge is 0.487 e. The van der Waals surface area contributed by atoms with Gasteiger partial charge in [-0.2, -0.15) is 8.61 Å². The molecule has 0 saturated heterocycles. The van der Waals surface area contributed by atoms with Gasteiger partial charge in [0.05, 0.1) is 19.5 Å². The molecule has 2 aromatic rings. The first-order chi connectivity index (χ1) is 17.4. The zero-order chi connectivity index (χ0) is 27.0. The van der Waals surface area contributed by atoms with E-state index < -0.39 is 32.2 Å². The standard InChI is InChI=1S/C25H36N4O6S2/c1-18-13-29(19(2)16-30)36(31,32)24-11-10-21(20-8-6-5-7-9-20)12-22(24)35-23(18)14-28(4)37(33,34)25-15-27(3)17-26-25/h8,10-12,15,17-19,23,30H,5-7,9,13-14,16H2,1-4H3/t18-,19-,23-/m1/s1. The van der Waals surface area contributed by atoms with Gasteiger partial charge in [-0.25, -0.2) is 21.8 Å². The predicted molar refractivity (Wildman–Crippen MR) is 140 cm³/mol. The molecule has 0 amide bonds. The van der Waals surface area contributed by atoms with Gasteiger partial charge in [-0.1, -0.05) is 19.1 Å². The molecule has 2 heterocycles. The average Bonchev–Trinajstić information content (AvgIpc) is 3.33. The smallest absolute Gasteiger partial charge is 0.261 e. The lowest BCUT2D eigenvalue weighted by Crippen LogP contribution is -2.50. The topological polar surface area (TPSA) is 122 Å². The number of aromatic nitrogens is 2. The van der Waals surface area contributed by atoms with Crippen molar-refractivity contribution < 1.29 is 26.7 Å². The summed E-state index contributed by atoms with van der Waals surface area (Å²) < 4.78 is 64.1. The Hall–Kier alpha value is -2.25. The number of hydrogen-bond acceptors (Lipinski definition) is 7. The molecular formula is C25H36N4O6S2. The van der Waals surface area contributed by atoms with E-state index in [9.17, 15) is 21.9 Å². The monoisotopic (exact) mass is 552 g/mol. The van der Waals surface area contributed by atoms with Gasteiger partial charge in [0.1, 0.15) is 16.7 Å². The summed E-state index contributed by atoms with van der Waals surface area (Å²) in [4.78, 5) is 4.00. The Bertz CT molecular complexity index is 1370. The van der Waals surface area contributed by atoms with Crippen molar-refractivity contribution >= 4 is 25.6 Å². The van der Waals surface area contributed by atoms with Crippen molar-refractivity contribution in [3.63, 3.8) is 0 Å². The second-order valence-electron chi connectivity index (χ2n) is 10.0. The first kappa shape index (κ1) is 27.8. The fourth-order valence-electron chi connectivity index (χ4n) is 4.78. The molecule has 37 heavy (non-hydrogen) atoms. The van der Waals surface area contributed by atoms with Crippen LogP contribution in [-0.2, 0) is 27.1 Å². The Morgan fingerprint density at radius 2 is 2.05 bits per heavy atom. The van der Waals surface area contributed by atoms with Crippen LogP contribution in [0, 0.1) is 5.92 Å². The number of likely N-dealkylation sites (N-methyl/N-ethyl adjacent to an activating group) is 1. The summed E-state index contributed by atoms with van der Waals surface area (Å²) in [5.74, 6) is -0.185. The summed E-state index contributed by atoms with van der Waals surface area (Å²) in [5, 5.41) is 9.77. The molecule has 1 aliphatic heterocycles. The Labute approximate surface area is 219 Å². The van der Waals surface area contributed by atoms with Crippen LogP contribution in [0.3, 0.4) is 0 Å². The lowest BCUT2D eigenvalue weighted by atomic mass is 9.93. The molecule has 0 unspecified atom stereocenters. The van der Waals surface area contributed by atoms with Gasteiger partial charge in [0, 0.05) is 38.8 Å². The Kier molecular flexibility index (Phi) is 8.15. The molecular weight excluding hydrogens is 516 g/mol. The second-order valence-corrected chi connectivity index (χ2v) is 13.9. The van der Waals surface area contributed by atoms with Crippen LogP contribution in [0.2, 0.25) is 0 Å². The number of hydrogen-bond donors (Lipinski definition) is 1. The Morgan fingerprint density at radius 1 is 1.30 bits per heavy atom. The van der Waals surface area contributed by atoms with E-state index in [2.05, 4.69) is 11.1 Å². The SMILES string of the molecule is C[C@@H]1CN([C@H](C)CO)S(=O)(=O)c2ccc(C3=CCCCC3)cc2O[C@@H]1CN(C)S(=O)(=O)c1cn(C)cn1. The lowest BCUT2D eigenvalue weighted by Gasteiger charge is -2.37. The van der Waals surface area contributed by atoms with Crippen molar-refractivity contribution in [1.29, 1.82) is 0 Å². The van der Waals surface area contributed by atoms with Crippen LogP contribution < -0.4 is 4.74 Å². The van der Waals surface area contributed by atoms with Crippen LogP contribution in [0.1, 0.15) is 45.1 Å². The Morgan fingerprint density at radius 3 is 2.68 bits per heavy atom. The summed E-state index contributed by atoms with van der Waals surface area (Å²) in [6.45, 7) is 3.20. The number of sulfonamides is 2. The molecule has 1 N–H and O–H groups in total. The number of rotatable bonds is 7. The van der Waals surface area contributed by atoms with E-state index in [1.807, 2.05) is 6.92 Å². The molecule has 1 aromatic heterocycles. The molecule has 4 rings (SSSR count). The van der Waals surface area contributed by atoms with E-state index in [1.54, 1.807) is 36.7 Å². The number of aliphatic hydroxyl groups excluding tert-OH is 1. The van der Waals surface area contributed by atoms with E-state index in [4.69, 9.17) is 4.74 Å². The van der Waals surface area contributed by atoms with Crippen LogP contribution in [-0.4, -0.2) is 79.0 Å². The van der Waals surface area contributed by atoms with Gasteiger partial charge >= 0.3 is 0 Å². The Balaban J connectivity index is 1.75. The predicted octanol–water partition coefficient (Wildman–Crippen LogP) is 2.47. The van der Waals surface area contributed by atoms with E-state index in [0.717, 1.165) is 36.8 Å². The van der Waals surface area contributed by atoms with Crippen LogP contribution in [0.5, 0.6) is 5.75 Å². The molecule has 0 radical (unpaired) electrons. The minimum absolute atomic E-state index is 0.00612. The summed E-state index contributed by atoms with van der Waals surface area (Å²) in [6.07, 6.45) is 8.46. The minimum Gasteiger partial charge on any atom is -0.487 e. The maximum absolute atomic E-state index is 13.7. The lowest BCUT2D eigenvalue weighted by molar-refractivity contribution is 0.0904. The first-order valence-electron chi connectivity index (χ1n) is 12.5. The third-order valence-corrected chi connectivity index (χ3v) is 10.9. The molecule has 0 bridgehead atoms. The molecule has 2 aliphatic rings. The van der Waals surface area contributed by atoms with Crippen molar-refractivity contribution in [1.82, 2.24) is 18.2 Å². The third-order valence-electron chi connectivity index (χ3n) is 7.12. The average molecular weight is 553 g/mol. The van der Waals surface area contributed by atoms with Gasteiger partial charge in [0.15, 0.2) is 5.03 Å². The number of ether oxygens (including phenoxy) is 1. The van der Waals surface area contributed by atoms with Crippen molar-refractivity contribution in [2.75, 3.05) is 26.7 Å². The van der Waals surface area contributed by atoms with Crippen molar-refractivity contribution in [3.8, 4) is 5.75 Å². The number of benzene rings is 1. The van der Waals surface area contributed by atoms with Crippen LogP contribution in [0.15, 0.2) is 46.7 Å². The van der Waals surface area contributed by atoms with Gasteiger partial charge in [-0.3, -0.25) is 0 Å². The molecule has 0 spiro atoms. The summed E-state index contributed by atoms with van der Waals surface area (Å²) in [7, 11) is -4.69. The summed E-state index contributed by atoms with van der Waals surface area (Å²) >= 11 is 0. The number of imidazole rings is 1. The van der Waals surface area contributed by atoms with Gasteiger partial charge in [0.25, 0.3) is 10.0 Å². The fourth-order valence-corrected chi connectivity index (χ4v) is 7.74. The molecule has 0 saturated carbocycles. The van der Waals surface area contributed by atoms with Crippen LogP contribution >= 0.6 is 0 Å². The van der Waals surface area contributed by atoms with Crippen molar-refractivity contribution in [3.05, 3.63) is 42.4 Å². The van der Waals surface area contributed by atoms with Gasteiger partial charge in [-0.05, 0) is 55.9 Å². The fraction of sp³-hybridized carbons (Fsp3) is 0.560. The van der Waals surface area contributed by atoms with Crippen LogP contribution in [0.4, 0.5) is 0 Å². The molecule has 1 aromatic carbocycles. The first-order valence-corrected chi connectivity index (χ1v) is 15.4. The molecule has 12 heteroatoms. The zero-order valence-corrected chi connectivity index (χ0v) is 23.4. The summed E-state index contributed by atoms with van der Waals surface area (Å²) in [5.41, 5.74) is 2.05. The molecule has 10 nitrogen and oxygen atoms in total. The van der Waals surface area contributed by atoms with Crippen LogP contribution in [0.25, 0.3) is 5.57 Å². The third kappa shape index (κ3) is 5.63. The maximum Gasteiger partial charge on any atom is 0.261 e. The van der Waals surface area contributed by atoms with E-state index in [0.29, 0.717) is 0 Å². The van der Waals surface area contributed by atoms with E-state index >= 15 is 0 Å². The highest BCUT2D eigenvalue weighted by molar-refractivity contribution is 7.89. The quantitative estimate of drug-likeness (QED) is 0.560. The van der Waals surface area contributed by atoms with Crippen molar-refractivity contribution in [2.45, 2.75) is 61.6 Å². The zero-order valence-electron chi connectivity index (χ0n) is 21.7. The highest BCUT2D eigenvalue weighted by atomic mass is 32.2. The van der Waals surface area contributed by atoms with Crippen molar-refractivity contribution in [2.24, 2.45) is 13.0 Å². The normalized spacial score (nSPS) is 23.5. The number of aliphatic hydroxyl groups is 1. The van der Waals surface area contributed by atoms with Gasteiger partial charge < -0.3 is 14.4 Å². The van der Waals surface area contributed by atoms with Gasteiger partial charge in [0.2, 0.25) is 10.0 Å². The van der Waals surface area contributed by atoms with E-state index in [-0.39, 0.29) is 41.3 Å². The van der Waals surface area contributed by atoms with E-state index in [1.165, 1.54) is 28.2 Å². The summed E-state index contributed by atoms with van der Waals surface area (Å²) in [6, 6.07) is 4.46. The highest BCUT2D eigenvalue weighted by Gasteiger charge is 2.39. The number of allylic oxidation sites excluding steroid dienone is 2. The molecule has 204 valence electrons. The number of aryl methyl sites for hydroxylation is 1. The maximum atomic E-state index is 13.7. The molecule has 1 aliphatic carbocycles. The number of nitrogens with zero attached hydrogens (tertiary/aromatic N) is 4. The van der Waals surface area contributed by atoms with Gasteiger partial charge in [-0.15, -0.1) is 0 Å². The number of fused-ring (bicyclic) bond motifs is 1. The molecule has 0 fully saturated rings. The highest BCUT2D eigenvalue weighted by Crippen LogP contribution is 2.37. The second kappa shape index (κ2) is 10.9.